The second-order valence-corrected chi connectivity index (χ2v) is 6.31. The third-order valence-electron chi connectivity index (χ3n) is 4.58. The number of hydrogen-bond donors (Lipinski definition) is 2. The lowest BCUT2D eigenvalue weighted by molar-refractivity contribution is -0.136. The van der Waals surface area contributed by atoms with E-state index in [0.29, 0.717) is 30.0 Å². The predicted molar refractivity (Wildman–Crippen MR) is 92.5 cm³/mol. The number of fused-ring (bicyclic) bond motifs is 1. The predicted octanol–water partition coefficient (Wildman–Crippen LogP) is 0.853. The third kappa shape index (κ3) is 3.08. The van der Waals surface area contributed by atoms with Gasteiger partial charge in [0.2, 0.25) is 11.8 Å². The van der Waals surface area contributed by atoms with Crippen molar-refractivity contribution in [1.82, 2.24) is 20.4 Å². The number of piperidine rings is 1. The third-order valence-corrected chi connectivity index (χ3v) is 4.58. The van der Waals surface area contributed by atoms with Crippen molar-refractivity contribution in [2.45, 2.75) is 25.4 Å². The number of nitrogens with one attached hydrogen (secondary N) is 2. The molecule has 2 aliphatic heterocycles. The van der Waals surface area contributed by atoms with E-state index >= 15 is 0 Å². The van der Waals surface area contributed by atoms with Crippen molar-refractivity contribution in [1.29, 1.82) is 5.26 Å². The van der Waals surface area contributed by atoms with Gasteiger partial charge in [0.05, 0.1) is 0 Å². The lowest BCUT2D eigenvalue weighted by Gasteiger charge is -2.29. The fourth-order valence-electron chi connectivity index (χ4n) is 3.26. The Kier molecular flexibility index (Phi) is 4.01. The van der Waals surface area contributed by atoms with Gasteiger partial charge in [-0.05, 0) is 42.3 Å². The number of amides is 3. The van der Waals surface area contributed by atoms with Crippen LogP contribution in [0.25, 0.3) is 0 Å². The molecule has 134 valence electrons. The van der Waals surface area contributed by atoms with Crippen LogP contribution in [0.15, 0.2) is 30.3 Å². The molecule has 1 aromatic heterocycles. The number of carbonyl (C=O) groups excluding carboxylic acids is 3. The zero-order valence-electron chi connectivity index (χ0n) is 14.1. The number of aromatic nitrogens is 2. The standard InChI is InChI=1S/C18H14N6O3/c19-8-12-2-5-15(23-22-12)20-11-1-3-13-10(7-11)9-24(18(13)27)14-4-6-16(25)21-17(14)26/h1-3,5,7,14H,4,6,9H2,(H,20,23)(H,21,25,26). The van der Waals surface area contributed by atoms with E-state index in [1.54, 1.807) is 24.3 Å². The molecule has 1 aromatic carbocycles. The van der Waals surface area contributed by atoms with Gasteiger partial charge in [-0.25, -0.2) is 0 Å². The topological polar surface area (TPSA) is 128 Å². The molecule has 27 heavy (non-hydrogen) atoms. The number of rotatable bonds is 3. The van der Waals surface area contributed by atoms with E-state index in [2.05, 4.69) is 20.8 Å². The molecule has 0 bridgehead atoms. The van der Waals surface area contributed by atoms with Crippen molar-refractivity contribution in [3.05, 3.63) is 47.2 Å². The minimum atomic E-state index is -0.636. The number of carbonyl (C=O) groups is 3. The number of nitrogens with zero attached hydrogens (tertiary/aromatic N) is 4. The van der Waals surface area contributed by atoms with Gasteiger partial charge in [0, 0.05) is 24.2 Å². The monoisotopic (exact) mass is 362 g/mol. The van der Waals surface area contributed by atoms with Crippen LogP contribution < -0.4 is 10.6 Å². The average molecular weight is 362 g/mol. The maximum atomic E-state index is 12.7. The van der Waals surface area contributed by atoms with E-state index in [0.717, 1.165) is 5.56 Å². The minimum Gasteiger partial charge on any atom is -0.339 e. The molecule has 2 aromatic rings. The van der Waals surface area contributed by atoms with Crippen molar-refractivity contribution in [2.75, 3.05) is 5.32 Å². The van der Waals surface area contributed by atoms with Gasteiger partial charge >= 0.3 is 0 Å². The molecule has 0 radical (unpaired) electrons. The smallest absolute Gasteiger partial charge is 0.255 e. The molecular formula is C18H14N6O3. The summed E-state index contributed by atoms with van der Waals surface area (Å²) in [6.07, 6.45) is 0.553. The van der Waals surface area contributed by atoms with Gasteiger partial charge in [0.15, 0.2) is 11.5 Å². The molecule has 4 rings (SSSR count). The summed E-state index contributed by atoms with van der Waals surface area (Å²) in [4.78, 5) is 37.5. The molecule has 3 amide bonds. The second kappa shape index (κ2) is 6.49. The number of anilines is 2. The Morgan fingerprint density at radius 2 is 2.04 bits per heavy atom. The summed E-state index contributed by atoms with van der Waals surface area (Å²) in [5.74, 6) is -0.487. The fraction of sp³-hybridized carbons (Fsp3) is 0.222. The van der Waals surface area contributed by atoms with Crippen molar-refractivity contribution in [3.63, 3.8) is 0 Å². The molecule has 0 aliphatic carbocycles. The van der Waals surface area contributed by atoms with E-state index in [1.165, 1.54) is 4.90 Å². The van der Waals surface area contributed by atoms with Crippen molar-refractivity contribution in [2.24, 2.45) is 0 Å². The summed E-state index contributed by atoms with van der Waals surface area (Å²) in [5.41, 5.74) is 2.26. The van der Waals surface area contributed by atoms with Gasteiger partial charge in [0.25, 0.3) is 5.91 Å². The van der Waals surface area contributed by atoms with Crippen LogP contribution in [0.1, 0.15) is 34.5 Å². The van der Waals surface area contributed by atoms with Crippen molar-refractivity contribution < 1.29 is 14.4 Å². The van der Waals surface area contributed by atoms with E-state index in [4.69, 9.17) is 5.26 Å². The van der Waals surface area contributed by atoms with Crippen LogP contribution in [0, 0.1) is 11.3 Å². The Morgan fingerprint density at radius 1 is 1.19 bits per heavy atom. The molecule has 1 fully saturated rings. The van der Waals surface area contributed by atoms with Gasteiger partial charge in [-0.2, -0.15) is 5.26 Å². The molecular weight excluding hydrogens is 348 g/mol. The normalized spacial score (nSPS) is 18.7. The molecule has 0 spiro atoms. The Morgan fingerprint density at radius 3 is 2.74 bits per heavy atom. The molecule has 9 heteroatoms. The Bertz CT molecular complexity index is 995. The molecule has 1 atom stereocenters. The van der Waals surface area contributed by atoms with E-state index in [1.807, 2.05) is 12.1 Å². The summed E-state index contributed by atoms with van der Waals surface area (Å²) in [7, 11) is 0. The summed E-state index contributed by atoms with van der Waals surface area (Å²) >= 11 is 0. The molecule has 3 heterocycles. The zero-order chi connectivity index (χ0) is 19.0. The average Bonchev–Trinajstić information content (AvgIpc) is 2.98. The van der Waals surface area contributed by atoms with Crippen LogP contribution in [0.3, 0.4) is 0 Å². The maximum Gasteiger partial charge on any atom is 0.255 e. The van der Waals surface area contributed by atoms with Crippen LogP contribution in [0.5, 0.6) is 0 Å². The first-order valence-electron chi connectivity index (χ1n) is 8.33. The second-order valence-electron chi connectivity index (χ2n) is 6.31. The van der Waals surface area contributed by atoms with Crippen LogP contribution >= 0.6 is 0 Å². The van der Waals surface area contributed by atoms with E-state index < -0.39 is 11.9 Å². The van der Waals surface area contributed by atoms with Crippen LogP contribution in [-0.4, -0.2) is 38.9 Å². The van der Waals surface area contributed by atoms with Gasteiger partial charge in [-0.15, -0.1) is 10.2 Å². The lowest BCUT2D eigenvalue weighted by atomic mass is 10.0. The molecule has 1 saturated heterocycles. The fourth-order valence-corrected chi connectivity index (χ4v) is 3.26. The highest BCUT2D eigenvalue weighted by atomic mass is 16.2. The van der Waals surface area contributed by atoms with Crippen molar-refractivity contribution in [3.8, 4) is 6.07 Å². The van der Waals surface area contributed by atoms with Gasteiger partial charge in [-0.3, -0.25) is 19.7 Å². The molecule has 1 unspecified atom stereocenters. The van der Waals surface area contributed by atoms with Gasteiger partial charge in [-0.1, -0.05) is 0 Å². The lowest BCUT2D eigenvalue weighted by Crippen LogP contribution is -2.52. The summed E-state index contributed by atoms with van der Waals surface area (Å²) in [6.45, 7) is 0.301. The van der Waals surface area contributed by atoms with Gasteiger partial charge in [0.1, 0.15) is 12.1 Å². The minimum absolute atomic E-state index is 0.218. The zero-order valence-corrected chi connectivity index (χ0v) is 14.1. The highest BCUT2D eigenvalue weighted by Crippen LogP contribution is 2.30. The highest BCUT2D eigenvalue weighted by molar-refractivity contribution is 6.05. The van der Waals surface area contributed by atoms with Gasteiger partial charge < -0.3 is 10.2 Å². The molecule has 2 N–H and O–H groups in total. The number of benzene rings is 1. The first-order valence-corrected chi connectivity index (χ1v) is 8.33. The number of nitriles is 1. The molecule has 0 saturated carbocycles. The summed E-state index contributed by atoms with van der Waals surface area (Å²) < 4.78 is 0. The van der Waals surface area contributed by atoms with Crippen molar-refractivity contribution >= 4 is 29.2 Å². The molecule has 9 nitrogen and oxygen atoms in total. The quantitative estimate of drug-likeness (QED) is 0.775. The maximum absolute atomic E-state index is 12.7. The highest BCUT2D eigenvalue weighted by Gasteiger charge is 2.39. The molecule has 2 aliphatic rings. The Balaban J connectivity index is 1.53. The number of hydrogen-bond acceptors (Lipinski definition) is 7. The Hall–Kier alpha value is -3.80. The van der Waals surface area contributed by atoms with E-state index in [-0.39, 0.29) is 23.9 Å². The summed E-state index contributed by atoms with van der Waals surface area (Å²) in [5, 5.41) is 21.8. The largest absolute Gasteiger partial charge is 0.339 e. The Labute approximate surface area is 154 Å². The van der Waals surface area contributed by atoms with Crippen LogP contribution in [0.2, 0.25) is 0 Å². The summed E-state index contributed by atoms with van der Waals surface area (Å²) in [6, 6.07) is 9.71. The number of imide groups is 1. The van der Waals surface area contributed by atoms with E-state index in [9.17, 15) is 14.4 Å². The SMILES string of the molecule is N#Cc1ccc(Nc2ccc3c(c2)CN(C2CCC(=O)NC2=O)C3=O)nn1. The first kappa shape index (κ1) is 16.7. The van der Waals surface area contributed by atoms with Crippen LogP contribution in [0.4, 0.5) is 11.5 Å². The van der Waals surface area contributed by atoms with Crippen LogP contribution in [-0.2, 0) is 16.1 Å². The first-order chi connectivity index (χ1) is 13.0.